The number of carbonyl (C=O) groups is 2. The van der Waals surface area contributed by atoms with Crippen molar-refractivity contribution in [1.29, 1.82) is 0 Å². The molecule has 0 fully saturated rings. The van der Waals surface area contributed by atoms with E-state index in [0.717, 1.165) is 0 Å². The van der Waals surface area contributed by atoms with Crippen molar-refractivity contribution in [3.8, 4) is 17.0 Å². The minimum absolute atomic E-state index is 0.0208. The second-order valence-electron chi connectivity index (χ2n) is 5.62. The van der Waals surface area contributed by atoms with Crippen LogP contribution in [0.5, 0.6) is 5.75 Å². The van der Waals surface area contributed by atoms with Crippen LogP contribution >= 0.6 is 11.6 Å². The van der Waals surface area contributed by atoms with E-state index in [-0.39, 0.29) is 29.3 Å². The summed E-state index contributed by atoms with van der Waals surface area (Å²) in [5, 5.41) is 7.05. The van der Waals surface area contributed by atoms with Gasteiger partial charge in [0.25, 0.3) is 5.91 Å². The van der Waals surface area contributed by atoms with Gasteiger partial charge in [-0.1, -0.05) is 41.0 Å². The third-order valence-corrected chi connectivity index (χ3v) is 4.12. The van der Waals surface area contributed by atoms with Gasteiger partial charge in [-0.15, -0.1) is 0 Å². The molecular formula is C20H17ClN2O5. The fourth-order valence-corrected chi connectivity index (χ4v) is 2.70. The number of methoxy groups -OCH3 is 1. The quantitative estimate of drug-likeness (QED) is 0.615. The SMILES string of the molecule is CCOC(=O)c1c(-c2ccc(Cl)cc2)noc1NC(=O)c1ccccc1OC. The van der Waals surface area contributed by atoms with Crippen molar-refractivity contribution in [2.45, 2.75) is 6.92 Å². The fourth-order valence-electron chi connectivity index (χ4n) is 2.58. The molecular weight excluding hydrogens is 384 g/mol. The molecule has 3 rings (SSSR count). The van der Waals surface area contributed by atoms with E-state index in [0.29, 0.717) is 16.3 Å². The first kappa shape index (κ1) is 19.4. The van der Waals surface area contributed by atoms with Crippen molar-refractivity contribution in [2.24, 2.45) is 0 Å². The van der Waals surface area contributed by atoms with Gasteiger partial charge in [0.2, 0.25) is 5.88 Å². The lowest BCUT2D eigenvalue weighted by Gasteiger charge is -2.08. The normalized spacial score (nSPS) is 10.4. The molecule has 1 heterocycles. The van der Waals surface area contributed by atoms with E-state index in [9.17, 15) is 9.59 Å². The molecule has 7 nitrogen and oxygen atoms in total. The number of esters is 1. The van der Waals surface area contributed by atoms with Crippen molar-refractivity contribution in [3.05, 3.63) is 64.7 Å². The molecule has 144 valence electrons. The van der Waals surface area contributed by atoms with E-state index in [1.807, 2.05) is 0 Å². The molecule has 0 aliphatic heterocycles. The monoisotopic (exact) mass is 400 g/mol. The highest BCUT2D eigenvalue weighted by molar-refractivity contribution is 6.30. The Morgan fingerprint density at radius 3 is 2.54 bits per heavy atom. The first-order valence-corrected chi connectivity index (χ1v) is 8.80. The van der Waals surface area contributed by atoms with Gasteiger partial charge in [0.1, 0.15) is 11.4 Å². The summed E-state index contributed by atoms with van der Waals surface area (Å²) in [5.74, 6) is -0.903. The highest BCUT2D eigenvalue weighted by Crippen LogP contribution is 2.31. The smallest absolute Gasteiger partial charge is 0.346 e. The lowest BCUT2D eigenvalue weighted by molar-refractivity contribution is 0.0528. The number of nitrogens with one attached hydrogen (secondary N) is 1. The largest absolute Gasteiger partial charge is 0.496 e. The molecule has 0 unspecified atom stereocenters. The highest BCUT2D eigenvalue weighted by Gasteiger charge is 2.27. The fraction of sp³-hybridized carbons (Fsp3) is 0.150. The van der Waals surface area contributed by atoms with Gasteiger partial charge in [-0.2, -0.15) is 0 Å². The predicted molar refractivity (Wildman–Crippen MR) is 104 cm³/mol. The van der Waals surface area contributed by atoms with Crippen LogP contribution in [0.2, 0.25) is 5.02 Å². The zero-order valence-corrected chi connectivity index (χ0v) is 15.9. The molecule has 2 aromatic carbocycles. The first-order valence-electron chi connectivity index (χ1n) is 8.42. The molecule has 0 aliphatic rings. The van der Waals surface area contributed by atoms with Crippen molar-refractivity contribution < 1.29 is 23.6 Å². The minimum Gasteiger partial charge on any atom is -0.496 e. The van der Waals surface area contributed by atoms with Crippen molar-refractivity contribution >= 4 is 29.4 Å². The van der Waals surface area contributed by atoms with Crippen molar-refractivity contribution in [2.75, 3.05) is 19.0 Å². The Hall–Kier alpha value is -3.32. The molecule has 0 atom stereocenters. The topological polar surface area (TPSA) is 90.7 Å². The van der Waals surface area contributed by atoms with E-state index in [4.69, 9.17) is 25.6 Å². The Morgan fingerprint density at radius 2 is 1.86 bits per heavy atom. The maximum absolute atomic E-state index is 12.7. The zero-order valence-electron chi connectivity index (χ0n) is 15.2. The van der Waals surface area contributed by atoms with Crippen LogP contribution < -0.4 is 10.1 Å². The van der Waals surface area contributed by atoms with Gasteiger partial charge in [0.15, 0.2) is 5.56 Å². The summed E-state index contributed by atoms with van der Waals surface area (Å²) in [5.41, 5.74) is 1.14. The van der Waals surface area contributed by atoms with Crippen molar-refractivity contribution in [3.63, 3.8) is 0 Å². The van der Waals surface area contributed by atoms with Gasteiger partial charge < -0.3 is 14.0 Å². The summed E-state index contributed by atoms with van der Waals surface area (Å²) in [6.45, 7) is 1.84. The lowest BCUT2D eigenvalue weighted by Crippen LogP contribution is -2.16. The van der Waals surface area contributed by atoms with Crippen LogP contribution in [0, 0.1) is 0 Å². The number of amides is 1. The average Bonchev–Trinajstić information content (AvgIpc) is 3.12. The zero-order chi connectivity index (χ0) is 20.1. The predicted octanol–water partition coefficient (Wildman–Crippen LogP) is 4.43. The molecule has 1 N–H and O–H groups in total. The number of nitrogens with zero attached hydrogens (tertiary/aromatic N) is 1. The summed E-state index contributed by atoms with van der Waals surface area (Å²) in [6.07, 6.45) is 0. The molecule has 0 saturated heterocycles. The summed E-state index contributed by atoms with van der Waals surface area (Å²) < 4.78 is 15.6. The molecule has 8 heteroatoms. The molecule has 3 aromatic rings. The number of halogens is 1. The van der Waals surface area contributed by atoms with Gasteiger partial charge in [0.05, 0.1) is 19.3 Å². The molecule has 0 bridgehead atoms. The number of para-hydroxylation sites is 1. The number of benzene rings is 2. The number of hydrogen-bond donors (Lipinski definition) is 1. The van der Waals surface area contributed by atoms with Crippen LogP contribution in [0.3, 0.4) is 0 Å². The summed E-state index contributed by atoms with van der Waals surface area (Å²) >= 11 is 5.92. The molecule has 28 heavy (non-hydrogen) atoms. The number of anilines is 1. The van der Waals surface area contributed by atoms with Crippen LogP contribution in [0.1, 0.15) is 27.6 Å². The van der Waals surface area contributed by atoms with E-state index in [2.05, 4.69) is 10.5 Å². The van der Waals surface area contributed by atoms with Crippen LogP contribution in [0.25, 0.3) is 11.3 Å². The molecule has 1 amide bonds. The van der Waals surface area contributed by atoms with Gasteiger partial charge in [-0.05, 0) is 31.2 Å². The van der Waals surface area contributed by atoms with Gasteiger partial charge in [-0.3, -0.25) is 10.1 Å². The molecule has 0 saturated carbocycles. The summed E-state index contributed by atoms with van der Waals surface area (Å²) in [4.78, 5) is 25.2. The standard InChI is InChI=1S/C20H17ClN2O5/c1-3-27-20(25)16-17(12-8-10-13(21)11-9-12)23-28-19(16)22-18(24)14-6-4-5-7-15(14)26-2/h4-11H,3H2,1-2H3,(H,22,24). The van der Waals surface area contributed by atoms with Crippen LogP contribution in [0.15, 0.2) is 53.1 Å². The summed E-state index contributed by atoms with van der Waals surface area (Å²) in [7, 11) is 1.46. The number of hydrogen-bond acceptors (Lipinski definition) is 6. The molecule has 0 radical (unpaired) electrons. The van der Waals surface area contributed by atoms with Gasteiger partial charge in [-0.25, -0.2) is 4.79 Å². The second-order valence-corrected chi connectivity index (χ2v) is 6.05. The lowest BCUT2D eigenvalue weighted by atomic mass is 10.1. The number of ether oxygens (including phenoxy) is 2. The highest BCUT2D eigenvalue weighted by atomic mass is 35.5. The Bertz CT molecular complexity index is 998. The van der Waals surface area contributed by atoms with Crippen LogP contribution in [0.4, 0.5) is 5.88 Å². The maximum atomic E-state index is 12.7. The minimum atomic E-state index is -0.663. The van der Waals surface area contributed by atoms with E-state index in [1.54, 1.807) is 55.5 Å². The second kappa shape index (κ2) is 8.58. The molecule has 1 aromatic heterocycles. The molecule has 0 aliphatic carbocycles. The van der Waals surface area contributed by atoms with E-state index >= 15 is 0 Å². The Labute approximate surface area is 166 Å². The average molecular weight is 401 g/mol. The Balaban J connectivity index is 2.00. The number of aromatic nitrogens is 1. The van der Waals surface area contributed by atoms with Crippen LogP contribution in [-0.2, 0) is 4.74 Å². The Kier molecular flexibility index (Phi) is 5.96. The first-order chi connectivity index (χ1) is 13.5. The Morgan fingerprint density at radius 1 is 1.14 bits per heavy atom. The van der Waals surface area contributed by atoms with Crippen LogP contribution in [-0.4, -0.2) is 30.7 Å². The maximum Gasteiger partial charge on any atom is 0.346 e. The van der Waals surface area contributed by atoms with Gasteiger partial charge in [0, 0.05) is 10.6 Å². The van der Waals surface area contributed by atoms with E-state index < -0.39 is 11.9 Å². The third kappa shape index (κ3) is 3.99. The van der Waals surface area contributed by atoms with E-state index in [1.165, 1.54) is 7.11 Å². The number of carbonyl (C=O) groups excluding carboxylic acids is 2. The number of rotatable bonds is 6. The van der Waals surface area contributed by atoms with Crippen molar-refractivity contribution in [1.82, 2.24) is 5.16 Å². The molecule has 0 spiro atoms. The third-order valence-electron chi connectivity index (χ3n) is 3.87. The summed E-state index contributed by atoms with van der Waals surface area (Å²) in [6, 6.07) is 13.4. The van der Waals surface area contributed by atoms with Gasteiger partial charge >= 0.3 is 5.97 Å².